The van der Waals surface area contributed by atoms with Crippen molar-refractivity contribution in [3.05, 3.63) is 77.0 Å². The predicted molar refractivity (Wildman–Crippen MR) is 136 cm³/mol. The summed E-state index contributed by atoms with van der Waals surface area (Å²) in [6.07, 6.45) is 2.08. The van der Waals surface area contributed by atoms with Crippen molar-refractivity contribution in [1.29, 1.82) is 0 Å². The Morgan fingerprint density at radius 3 is 2.46 bits per heavy atom. The van der Waals surface area contributed by atoms with E-state index in [0.717, 1.165) is 16.2 Å². The number of carboxylic acid groups (broad SMARTS) is 1. The number of hydrogen-bond acceptors (Lipinski definition) is 7. The number of allylic oxidation sites excluding steroid dienone is 1. The summed E-state index contributed by atoms with van der Waals surface area (Å²) in [6, 6.07) is 11.7. The van der Waals surface area contributed by atoms with Gasteiger partial charge in [-0.05, 0) is 54.1 Å². The van der Waals surface area contributed by atoms with Gasteiger partial charge in [-0.2, -0.15) is 0 Å². The van der Waals surface area contributed by atoms with Gasteiger partial charge < -0.3 is 20.3 Å². The summed E-state index contributed by atoms with van der Waals surface area (Å²) in [7, 11) is 1.21. The van der Waals surface area contributed by atoms with E-state index in [0.29, 0.717) is 16.5 Å². The van der Waals surface area contributed by atoms with Gasteiger partial charge in [-0.3, -0.25) is 4.79 Å². The summed E-state index contributed by atoms with van der Waals surface area (Å²) < 4.78 is 4.82. The maximum atomic E-state index is 13.0. The summed E-state index contributed by atoms with van der Waals surface area (Å²) in [4.78, 5) is 42.7. The lowest BCUT2D eigenvalue weighted by Gasteiger charge is -2.17. The first-order valence-corrected chi connectivity index (χ1v) is 11.9. The second kappa shape index (κ2) is 11.5. The molecule has 0 bridgehead atoms. The van der Waals surface area contributed by atoms with Crippen LogP contribution in [0.5, 0.6) is 5.75 Å². The van der Waals surface area contributed by atoms with Gasteiger partial charge in [-0.1, -0.05) is 31.2 Å². The van der Waals surface area contributed by atoms with Crippen LogP contribution in [0.1, 0.15) is 45.8 Å². The van der Waals surface area contributed by atoms with E-state index in [9.17, 15) is 24.6 Å². The fraction of sp³-hybridized carbons (Fsp3) is 0.231. The molecular formula is C26H26N2O6S. The van der Waals surface area contributed by atoms with E-state index in [1.165, 1.54) is 25.3 Å². The quantitative estimate of drug-likeness (QED) is 0.377. The number of aromatic nitrogens is 1. The molecule has 0 unspecified atom stereocenters. The maximum Gasteiger partial charge on any atom is 0.336 e. The topological polar surface area (TPSA) is 126 Å². The van der Waals surface area contributed by atoms with Crippen LogP contribution in [0.3, 0.4) is 0 Å². The van der Waals surface area contributed by atoms with Crippen molar-refractivity contribution >= 4 is 45.4 Å². The van der Waals surface area contributed by atoms with Gasteiger partial charge in [0.15, 0.2) is 0 Å². The molecule has 182 valence electrons. The third-order valence-electron chi connectivity index (χ3n) is 5.29. The summed E-state index contributed by atoms with van der Waals surface area (Å²) in [5, 5.41) is 22.3. The van der Waals surface area contributed by atoms with Crippen LogP contribution in [0.2, 0.25) is 0 Å². The number of carboxylic acids is 1. The Bertz CT molecular complexity index is 1290. The van der Waals surface area contributed by atoms with Crippen molar-refractivity contribution in [1.82, 2.24) is 10.3 Å². The normalized spacial score (nSPS) is 12.3. The van der Waals surface area contributed by atoms with Crippen LogP contribution < -0.4 is 5.32 Å². The SMILES string of the molecule is C/C=C(\SCC)c1ccc2nc(C(=O)N[C@@H](Cc3ccc(O)cc3)C(=O)OC)cc(C(=O)O)c2c1. The molecule has 0 saturated carbocycles. The highest BCUT2D eigenvalue weighted by atomic mass is 32.2. The zero-order chi connectivity index (χ0) is 25.5. The number of phenolic OH excluding ortho intramolecular Hbond substituents is 1. The number of aromatic carboxylic acids is 1. The number of amides is 1. The molecule has 0 aliphatic carbocycles. The van der Waals surface area contributed by atoms with E-state index < -0.39 is 23.9 Å². The molecule has 1 amide bonds. The van der Waals surface area contributed by atoms with Crippen molar-refractivity contribution in [2.75, 3.05) is 12.9 Å². The van der Waals surface area contributed by atoms with Crippen LogP contribution in [0, 0.1) is 0 Å². The number of benzene rings is 2. The lowest BCUT2D eigenvalue weighted by atomic mass is 10.0. The molecule has 9 heteroatoms. The van der Waals surface area contributed by atoms with Crippen molar-refractivity contribution in [2.45, 2.75) is 26.3 Å². The van der Waals surface area contributed by atoms with Crippen molar-refractivity contribution in [3.63, 3.8) is 0 Å². The van der Waals surface area contributed by atoms with Gasteiger partial charge in [-0.25, -0.2) is 14.6 Å². The van der Waals surface area contributed by atoms with Gasteiger partial charge in [0.05, 0.1) is 18.2 Å². The molecule has 0 fully saturated rings. The van der Waals surface area contributed by atoms with Crippen LogP contribution in [0.4, 0.5) is 0 Å². The Morgan fingerprint density at radius 2 is 1.86 bits per heavy atom. The molecule has 1 heterocycles. The number of phenols is 1. The molecule has 0 aliphatic rings. The number of methoxy groups -OCH3 is 1. The first kappa shape index (κ1) is 25.8. The highest BCUT2D eigenvalue weighted by Crippen LogP contribution is 2.30. The zero-order valence-electron chi connectivity index (χ0n) is 19.6. The molecule has 0 saturated heterocycles. The van der Waals surface area contributed by atoms with Gasteiger partial charge >= 0.3 is 11.9 Å². The lowest BCUT2D eigenvalue weighted by molar-refractivity contribution is -0.142. The second-order valence-electron chi connectivity index (χ2n) is 7.60. The zero-order valence-corrected chi connectivity index (χ0v) is 20.4. The number of carbonyl (C=O) groups excluding carboxylic acids is 2. The number of nitrogens with one attached hydrogen (secondary N) is 1. The fourth-order valence-electron chi connectivity index (χ4n) is 3.60. The number of pyridine rings is 1. The monoisotopic (exact) mass is 494 g/mol. The van der Waals surface area contributed by atoms with Crippen LogP contribution in [0.25, 0.3) is 15.8 Å². The molecule has 8 nitrogen and oxygen atoms in total. The average molecular weight is 495 g/mol. The lowest BCUT2D eigenvalue weighted by Crippen LogP contribution is -2.43. The van der Waals surface area contributed by atoms with Gasteiger partial charge in [-0.15, -0.1) is 11.8 Å². The Kier molecular flexibility index (Phi) is 8.48. The number of esters is 1. The van der Waals surface area contributed by atoms with E-state index >= 15 is 0 Å². The Balaban J connectivity index is 1.96. The van der Waals surface area contributed by atoms with Crippen LogP contribution in [-0.4, -0.2) is 51.9 Å². The molecule has 0 radical (unpaired) electrons. The smallest absolute Gasteiger partial charge is 0.336 e. The Hall–Kier alpha value is -3.85. The van der Waals surface area contributed by atoms with E-state index in [4.69, 9.17) is 4.74 Å². The number of ether oxygens (including phenoxy) is 1. The molecule has 1 aromatic heterocycles. The number of rotatable bonds is 9. The largest absolute Gasteiger partial charge is 0.508 e. The Labute approximate surface area is 207 Å². The van der Waals surface area contributed by atoms with Gasteiger partial charge in [0.25, 0.3) is 5.91 Å². The third-order valence-corrected chi connectivity index (χ3v) is 6.36. The fourth-order valence-corrected chi connectivity index (χ4v) is 4.37. The van der Waals surface area contributed by atoms with Crippen LogP contribution in [0.15, 0.2) is 54.6 Å². The number of aromatic hydroxyl groups is 1. The van der Waals surface area contributed by atoms with E-state index in [1.807, 2.05) is 26.0 Å². The summed E-state index contributed by atoms with van der Waals surface area (Å²) in [6.45, 7) is 3.95. The van der Waals surface area contributed by atoms with Crippen molar-refractivity contribution in [3.8, 4) is 5.75 Å². The summed E-state index contributed by atoms with van der Waals surface area (Å²) >= 11 is 1.64. The Morgan fingerprint density at radius 1 is 1.14 bits per heavy atom. The molecule has 35 heavy (non-hydrogen) atoms. The van der Waals surface area contributed by atoms with E-state index in [1.54, 1.807) is 36.0 Å². The highest BCUT2D eigenvalue weighted by Gasteiger charge is 2.25. The van der Waals surface area contributed by atoms with Gasteiger partial charge in [0.1, 0.15) is 17.5 Å². The molecule has 1 atom stereocenters. The van der Waals surface area contributed by atoms with Crippen molar-refractivity contribution in [2.24, 2.45) is 0 Å². The molecule has 3 rings (SSSR count). The maximum absolute atomic E-state index is 13.0. The first-order chi connectivity index (χ1) is 16.8. The highest BCUT2D eigenvalue weighted by molar-refractivity contribution is 8.08. The number of fused-ring (bicyclic) bond motifs is 1. The number of thioether (sulfide) groups is 1. The van der Waals surface area contributed by atoms with E-state index in [2.05, 4.69) is 10.3 Å². The minimum absolute atomic E-state index is 0.0629. The first-order valence-electron chi connectivity index (χ1n) is 10.9. The molecule has 0 spiro atoms. The minimum Gasteiger partial charge on any atom is -0.508 e. The van der Waals surface area contributed by atoms with E-state index in [-0.39, 0.29) is 23.4 Å². The number of carbonyl (C=O) groups is 3. The molecular weight excluding hydrogens is 468 g/mol. The number of hydrogen-bond donors (Lipinski definition) is 3. The molecule has 3 aromatic rings. The summed E-state index contributed by atoms with van der Waals surface area (Å²) in [5.41, 5.74) is 1.72. The second-order valence-corrected chi connectivity index (χ2v) is 8.90. The standard InChI is InChI=1S/C26H26N2O6S/c1-4-23(35-5-2)16-8-11-20-18(13-16)19(25(31)32)14-21(27-20)24(30)28-22(26(33)34-3)12-15-6-9-17(29)10-7-15/h4,6-11,13-14,22,29H,5,12H2,1-3H3,(H,28,30)(H,31,32)/b23-4-/t22-/m0/s1. The predicted octanol–water partition coefficient (Wildman–Crippen LogP) is 4.27. The molecule has 3 N–H and O–H groups in total. The third kappa shape index (κ3) is 6.19. The van der Waals surface area contributed by atoms with Crippen LogP contribution in [-0.2, 0) is 16.0 Å². The summed E-state index contributed by atoms with van der Waals surface area (Å²) in [5.74, 6) is -1.62. The number of nitrogens with zero attached hydrogens (tertiary/aromatic N) is 1. The van der Waals surface area contributed by atoms with Gasteiger partial charge in [0, 0.05) is 16.7 Å². The van der Waals surface area contributed by atoms with Crippen molar-refractivity contribution < 1.29 is 29.3 Å². The van der Waals surface area contributed by atoms with Crippen LogP contribution >= 0.6 is 11.8 Å². The minimum atomic E-state index is -1.19. The molecule has 2 aromatic carbocycles. The average Bonchev–Trinajstić information content (AvgIpc) is 2.86. The van der Waals surface area contributed by atoms with Gasteiger partial charge in [0.2, 0.25) is 0 Å². The molecule has 0 aliphatic heterocycles.